The highest BCUT2D eigenvalue weighted by atomic mass is 32.1. The van der Waals surface area contributed by atoms with Gasteiger partial charge in [0, 0.05) is 11.8 Å². The second kappa shape index (κ2) is 10.8. The zero-order valence-corrected chi connectivity index (χ0v) is 20.2. The number of amides is 1. The number of anilines is 1. The molecule has 5 rings (SSSR count). The van der Waals surface area contributed by atoms with Crippen molar-refractivity contribution in [3.05, 3.63) is 132 Å². The molecule has 0 saturated heterocycles. The minimum absolute atomic E-state index is 0.294. The minimum atomic E-state index is -0.551. The lowest BCUT2D eigenvalue weighted by atomic mass is 9.91. The van der Waals surface area contributed by atoms with E-state index < -0.39 is 6.04 Å². The maximum Gasteiger partial charge on any atom is 0.257 e. The van der Waals surface area contributed by atoms with Crippen molar-refractivity contribution in [3.8, 4) is 5.75 Å². The number of thiocarbonyl (C=S) groups is 1. The van der Waals surface area contributed by atoms with E-state index in [2.05, 4.69) is 20.9 Å². The second-order valence-electron chi connectivity index (χ2n) is 8.17. The number of ether oxygens (including phenoxy) is 1. The Hall–Kier alpha value is -4.49. The van der Waals surface area contributed by atoms with E-state index in [1.165, 1.54) is 0 Å². The summed E-state index contributed by atoms with van der Waals surface area (Å²) in [5.41, 5.74) is 3.82. The SMILES string of the molecule is O=C(Nc1ccccn1)C1=C(c2ccccc2)NC(=S)N[C@@H]1c1ccccc1OCc1ccccc1. The predicted octanol–water partition coefficient (Wildman–Crippen LogP) is 5.23. The Bertz CT molecular complexity index is 1390. The van der Waals surface area contributed by atoms with Crippen LogP contribution in [0.25, 0.3) is 5.70 Å². The number of benzene rings is 3. The number of nitrogens with one attached hydrogen (secondary N) is 3. The number of rotatable bonds is 7. The standard InChI is InChI=1S/C29H24N4O2S/c34-28(31-24-17-9-10-18-30-24)25-26(21-13-5-2-6-14-21)32-29(36)33-27(25)22-15-7-8-16-23(22)35-19-20-11-3-1-4-12-20/h1-18,27H,19H2,(H,30,31,34)(H2,32,33,36)/t27-/m1/s1. The number of carbonyl (C=O) groups is 1. The lowest BCUT2D eigenvalue weighted by Gasteiger charge is -2.32. The molecule has 1 amide bonds. The van der Waals surface area contributed by atoms with Crippen LogP contribution in [-0.4, -0.2) is 16.0 Å². The summed E-state index contributed by atoms with van der Waals surface area (Å²) in [6.45, 7) is 0.401. The molecule has 1 aliphatic heterocycles. The first-order valence-electron chi connectivity index (χ1n) is 11.5. The molecule has 0 bridgehead atoms. The van der Waals surface area contributed by atoms with Crippen LogP contribution in [0.2, 0.25) is 0 Å². The number of pyridine rings is 1. The molecule has 0 spiro atoms. The lowest BCUT2D eigenvalue weighted by Crippen LogP contribution is -2.46. The van der Waals surface area contributed by atoms with Gasteiger partial charge in [-0.1, -0.05) is 84.9 Å². The van der Waals surface area contributed by atoms with E-state index in [1.54, 1.807) is 18.3 Å². The fourth-order valence-corrected chi connectivity index (χ4v) is 4.30. The number of hydrogen-bond donors (Lipinski definition) is 3. The highest BCUT2D eigenvalue weighted by molar-refractivity contribution is 7.80. The van der Waals surface area contributed by atoms with Crippen molar-refractivity contribution >= 4 is 34.8 Å². The molecule has 1 aromatic heterocycles. The topological polar surface area (TPSA) is 75.3 Å². The van der Waals surface area contributed by atoms with Crippen LogP contribution in [0.3, 0.4) is 0 Å². The molecule has 0 aliphatic carbocycles. The van der Waals surface area contributed by atoms with Gasteiger partial charge in [-0.3, -0.25) is 4.79 Å². The number of nitrogens with zero attached hydrogens (tertiary/aromatic N) is 1. The molecule has 3 aromatic carbocycles. The molecule has 2 heterocycles. The molecule has 4 aromatic rings. The third kappa shape index (κ3) is 5.26. The van der Waals surface area contributed by atoms with Crippen molar-refractivity contribution in [2.75, 3.05) is 5.32 Å². The number of hydrogen-bond acceptors (Lipinski definition) is 4. The smallest absolute Gasteiger partial charge is 0.257 e. The molecule has 6 nitrogen and oxygen atoms in total. The van der Waals surface area contributed by atoms with Crippen molar-refractivity contribution in [3.63, 3.8) is 0 Å². The van der Waals surface area contributed by atoms with Crippen LogP contribution >= 0.6 is 12.2 Å². The summed E-state index contributed by atoms with van der Waals surface area (Å²) in [5, 5.41) is 9.85. The highest BCUT2D eigenvalue weighted by Crippen LogP contribution is 2.36. The molecule has 36 heavy (non-hydrogen) atoms. The molecule has 1 atom stereocenters. The van der Waals surface area contributed by atoms with E-state index in [0.29, 0.717) is 34.6 Å². The Morgan fingerprint density at radius 1 is 0.889 bits per heavy atom. The maximum atomic E-state index is 13.8. The van der Waals surface area contributed by atoms with Crippen LogP contribution in [0, 0.1) is 0 Å². The summed E-state index contributed by atoms with van der Waals surface area (Å²) in [4.78, 5) is 18.0. The lowest BCUT2D eigenvalue weighted by molar-refractivity contribution is -0.113. The van der Waals surface area contributed by atoms with Gasteiger partial charge in [-0.15, -0.1) is 0 Å². The van der Waals surface area contributed by atoms with Gasteiger partial charge in [-0.2, -0.15) is 0 Å². The first-order chi connectivity index (χ1) is 17.7. The largest absolute Gasteiger partial charge is 0.489 e. The average Bonchev–Trinajstić information content (AvgIpc) is 2.93. The van der Waals surface area contributed by atoms with Crippen molar-refractivity contribution in [2.45, 2.75) is 12.6 Å². The Morgan fingerprint density at radius 2 is 1.58 bits per heavy atom. The summed E-state index contributed by atoms with van der Waals surface area (Å²) in [6, 6.07) is 32.1. The molecule has 3 N–H and O–H groups in total. The number of para-hydroxylation sites is 1. The third-order valence-corrected chi connectivity index (χ3v) is 5.97. The maximum absolute atomic E-state index is 13.8. The first kappa shape index (κ1) is 23.3. The van der Waals surface area contributed by atoms with Gasteiger partial charge in [-0.05, 0) is 41.5 Å². The normalized spacial score (nSPS) is 15.0. The average molecular weight is 493 g/mol. The first-order valence-corrected chi connectivity index (χ1v) is 11.9. The van der Waals surface area contributed by atoms with Gasteiger partial charge >= 0.3 is 0 Å². The quantitative estimate of drug-likeness (QED) is 0.307. The van der Waals surface area contributed by atoms with E-state index in [-0.39, 0.29) is 5.91 Å². The van der Waals surface area contributed by atoms with E-state index in [0.717, 1.165) is 16.7 Å². The van der Waals surface area contributed by atoms with Crippen molar-refractivity contribution < 1.29 is 9.53 Å². The van der Waals surface area contributed by atoms with Gasteiger partial charge in [-0.25, -0.2) is 4.98 Å². The minimum Gasteiger partial charge on any atom is -0.489 e. The van der Waals surface area contributed by atoms with Crippen molar-refractivity contribution in [1.29, 1.82) is 0 Å². The van der Waals surface area contributed by atoms with Crippen LogP contribution < -0.4 is 20.7 Å². The summed E-state index contributed by atoms with van der Waals surface area (Å²) < 4.78 is 6.23. The number of aromatic nitrogens is 1. The third-order valence-electron chi connectivity index (χ3n) is 5.75. The van der Waals surface area contributed by atoms with E-state index in [9.17, 15) is 4.79 Å². The fourth-order valence-electron chi connectivity index (χ4n) is 4.08. The predicted molar refractivity (Wildman–Crippen MR) is 145 cm³/mol. The highest BCUT2D eigenvalue weighted by Gasteiger charge is 2.34. The van der Waals surface area contributed by atoms with Gasteiger partial charge in [0.05, 0.1) is 17.3 Å². The van der Waals surface area contributed by atoms with Gasteiger partial charge in [0.25, 0.3) is 5.91 Å². The van der Waals surface area contributed by atoms with Gasteiger partial charge in [0.15, 0.2) is 5.11 Å². The van der Waals surface area contributed by atoms with Crippen LogP contribution in [0.1, 0.15) is 22.7 Å². The van der Waals surface area contributed by atoms with Crippen molar-refractivity contribution in [2.24, 2.45) is 0 Å². The molecule has 178 valence electrons. The molecule has 1 aliphatic rings. The zero-order valence-electron chi connectivity index (χ0n) is 19.3. The zero-order chi connectivity index (χ0) is 24.7. The van der Waals surface area contributed by atoms with Gasteiger partial charge in [0.2, 0.25) is 0 Å². The van der Waals surface area contributed by atoms with Gasteiger partial charge < -0.3 is 20.7 Å². The van der Waals surface area contributed by atoms with Crippen LogP contribution in [0.5, 0.6) is 5.75 Å². The van der Waals surface area contributed by atoms with Crippen molar-refractivity contribution in [1.82, 2.24) is 15.6 Å². The van der Waals surface area contributed by atoms with Crippen LogP contribution in [0.4, 0.5) is 5.82 Å². The molecular formula is C29H24N4O2S. The monoisotopic (exact) mass is 492 g/mol. The molecule has 0 radical (unpaired) electrons. The Balaban J connectivity index is 1.57. The summed E-state index contributed by atoms with van der Waals surface area (Å²) in [7, 11) is 0. The molecule has 0 saturated carbocycles. The molecule has 0 fully saturated rings. The summed E-state index contributed by atoms with van der Waals surface area (Å²) in [5.74, 6) is 0.833. The summed E-state index contributed by atoms with van der Waals surface area (Å²) in [6.07, 6.45) is 1.64. The van der Waals surface area contributed by atoms with Crippen LogP contribution in [0.15, 0.2) is 115 Å². The Labute approximate surface area is 215 Å². The Kier molecular flexibility index (Phi) is 7.00. The fraction of sp³-hybridized carbons (Fsp3) is 0.0690. The van der Waals surface area contributed by atoms with Crippen LogP contribution in [-0.2, 0) is 11.4 Å². The number of carbonyl (C=O) groups excluding carboxylic acids is 1. The molecule has 7 heteroatoms. The summed E-state index contributed by atoms with van der Waals surface area (Å²) >= 11 is 5.57. The van der Waals surface area contributed by atoms with E-state index in [1.807, 2.05) is 91.0 Å². The van der Waals surface area contributed by atoms with E-state index in [4.69, 9.17) is 17.0 Å². The van der Waals surface area contributed by atoms with E-state index >= 15 is 0 Å². The van der Waals surface area contributed by atoms with Gasteiger partial charge in [0.1, 0.15) is 18.2 Å². The Morgan fingerprint density at radius 3 is 2.33 bits per heavy atom. The molecule has 0 unspecified atom stereocenters. The second-order valence-corrected chi connectivity index (χ2v) is 8.58. The molecular weight excluding hydrogens is 468 g/mol.